The van der Waals surface area contributed by atoms with Gasteiger partial charge in [0.15, 0.2) is 0 Å². The van der Waals surface area contributed by atoms with Crippen molar-refractivity contribution >= 4 is 9.24 Å². The number of rotatable bonds is 14. The summed E-state index contributed by atoms with van der Waals surface area (Å²) in [5, 5.41) is 0. The van der Waals surface area contributed by atoms with Crippen LogP contribution < -0.4 is 0 Å². The predicted octanol–water partition coefficient (Wildman–Crippen LogP) is 7.61. The molecule has 0 saturated carbocycles. The second-order valence-corrected chi connectivity index (χ2v) is 8.71. The lowest BCUT2D eigenvalue weighted by Crippen LogP contribution is -2.29. The lowest BCUT2D eigenvalue weighted by molar-refractivity contribution is 0.230. The zero-order chi connectivity index (χ0) is 16.1. The first-order valence-electron chi connectivity index (χ1n) is 9.68. The van der Waals surface area contributed by atoms with Crippen LogP contribution in [0.15, 0.2) is 0 Å². The minimum absolute atomic E-state index is 0.461. The summed E-state index contributed by atoms with van der Waals surface area (Å²) in [6.07, 6.45) is 17.3. The van der Waals surface area contributed by atoms with Gasteiger partial charge in [-0.1, -0.05) is 105 Å². The Morgan fingerprint density at radius 1 is 0.714 bits per heavy atom. The SMILES string of the molecule is CCCCCCCCCCCCCC(P)C(C)(C)C(C)C. The molecule has 0 spiro atoms. The van der Waals surface area contributed by atoms with E-state index in [0.717, 1.165) is 11.6 Å². The molecule has 0 radical (unpaired) electrons. The largest absolute Gasteiger partial charge is 0.134 e. The summed E-state index contributed by atoms with van der Waals surface area (Å²) < 4.78 is 0. The molecule has 0 aromatic carbocycles. The highest BCUT2D eigenvalue weighted by Crippen LogP contribution is 2.37. The molecule has 0 saturated heterocycles. The normalized spacial score (nSPS) is 13.9. The average Bonchev–Trinajstić information content (AvgIpc) is 2.44. The summed E-state index contributed by atoms with van der Waals surface area (Å²) in [5.41, 5.74) is 1.24. The molecular formula is C20H43P. The van der Waals surface area contributed by atoms with E-state index in [1.54, 1.807) is 0 Å². The highest BCUT2D eigenvalue weighted by Gasteiger charge is 2.28. The molecule has 0 aliphatic carbocycles. The maximum atomic E-state index is 3.11. The fraction of sp³-hybridized carbons (Fsp3) is 1.00. The Bertz CT molecular complexity index is 220. The zero-order valence-corrected chi connectivity index (χ0v) is 16.9. The van der Waals surface area contributed by atoms with Gasteiger partial charge >= 0.3 is 0 Å². The summed E-state index contributed by atoms with van der Waals surface area (Å²) in [5.74, 6) is 0.771. The molecule has 0 rings (SSSR count). The van der Waals surface area contributed by atoms with E-state index in [4.69, 9.17) is 0 Å². The van der Waals surface area contributed by atoms with Gasteiger partial charge in [0, 0.05) is 0 Å². The third-order valence-corrected chi connectivity index (χ3v) is 6.75. The molecule has 0 heterocycles. The van der Waals surface area contributed by atoms with Gasteiger partial charge in [0.2, 0.25) is 0 Å². The summed E-state index contributed by atoms with van der Waals surface area (Å²) >= 11 is 0. The fourth-order valence-corrected chi connectivity index (χ4v) is 3.45. The Balaban J connectivity index is 3.36. The van der Waals surface area contributed by atoms with E-state index in [-0.39, 0.29) is 0 Å². The van der Waals surface area contributed by atoms with Crippen molar-refractivity contribution in [2.75, 3.05) is 0 Å². The van der Waals surface area contributed by atoms with E-state index in [1.807, 2.05) is 0 Å². The first kappa shape index (κ1) is 21.4. The van der Waals surface area contributed by atoms with Crippen LogP contribution in [-0.2, 0) is 0 Å². The molecule has 1 heteroatoms. The van der Waals surface area contributed by atoms with Gasteiger partial charge in [-0.25, -0.2) is 0 Å². The van der Waals surface area contributed by atoms with E-state index in [0.29, 0.717) is 5.41 Å². The van der Waals surface area contributed by atoms with E-state index >= 15 is 0 Å². The van der Waals surface area contributed by atoms with Crippen LogP contribution in [-0.4, -0.2) is 5.66 Å². The second kappa shape index (κ2) is 12.9. The summed E-state index contributed by atoms with van der Waals surface area (Å²) in [4.78, 5) is 0. The van der Waals surface area contributed by atoms with Crippen LogP contribution >= 0.6 is 9.24 Å². The monoisotopic (exact) mass is 314 g/mol. The van der Waals surface area contributed by atoms with Gasteiger partial charge in [0.1, 0.15) is 0 Å². The Labute approximate surface area is 138 Å². The molecule has 0 bridgehead atoms. The van der Waals surface area contributed by atoms with Crippen LogP contribution in [0.3, 0.4) is 0 Å². The summed E-state index contributed by atoms with van der Waals surface area (Å²) in [6, 6.07) is 0. The summed E-state index contributed by atoms with van der Waals surface area (Å²) in [7, 11) is 3.11. The van der Waals surface area contributed by atoms with Crippen molar-refractivity contribution in [2.45, 2.75) is 117 Å². The molecule has 0 nitrogen and oxygen atoms in total. The highest BCUT2D eigenvalue weighted by molar-refractivity contribution is 7.17. The predicted molar refractivity (Wildman–Crippen MR) is 103 cm³/mol. The standard InChI is InChI=1S/C20H43P/c1-6-7-8-9-10-11-12-13-14-15-16-17-19(21)20(4,5)18(2)3/h18-19H,6-17,21H2,1-5H3. The lowest BCUT2D eigenvalue weighted by atomic mass is 9.76. The highest BCUT2D eigenvalue weighted by atomic mass is 31.0. The molecule has 0 amide bonds. The first-order chi connectivity index (χ1) is 9.92. The Hall–Kier alpha value is 0.430. The molecular weight excluding hydrogens is 271 g/mol. The molecule has 128 valence electrons. The number of hydrogen-bond donors (Lipinski definition) is 0. The fourth-order valence-electron chi connectivity index (χ4n) is 2.83. The Morgan fingerprint density at radius 3 is 1.48 bits per heavy atom. The van der Waals surface area contributed by atoms with Crippen LogP contribution in [0.2, 0.25) is 0 Å². The van der Waals surface area contributed by atoms with Gasteiger partial charge in [-0.15, -0.1) is 9.24 Å². The first-order valence-corrected chi connectivity index (χ1v) is 10.3. The van der Waals surface area contributed by atoms with Gasteiger partial charge in [0.25, 0.3) is 0 Å². The third-order valence-electron chi connectivity index (χ3n) is 5.56. The summed E-state index contributed by atoms with van der Waals surface area (Å²) in [6.45, 7) is 11.9. The maximum Gasteiger partial charge on any atom is -0.0210 e. The molecule has 0 aromatic rings. The van der Waals surface area contributed by atoms with E-state index < -0.39 is 0 Å². The van der Waals surface area contributed by atoms with Crippen LogP contribution in [0.1, 0.15) is 112 Å². The Kier molecular flexibility index (Phi) is 13.2. The van der Waals surface area contributed by atoms with Crippen molar-refractivity contribution < 1.29 is 0 Å². The number of hydrogen-bond acceptors (Lipinski definition) is 0. The minimum Gasteiger partial charge on any atom is -0.134 e. The van der Waals surface area contributed by atoms with Gasteiger partial charge < -0.3 is 0 Å². The average molecular weight is 315 g/mol. The van der Waals surface area contributed by atoms with E-state index in [1.165, 1.54) is 77.0 Å². The van der Waals surface area contributed by atoms with Crippen molar-refractivity contribution in [3.05, 3.63) is 0 Å². The molecule has 0 N–H and O–H groups in total. The van der Waals surface area contributed by atoms with E-state index in [2.05, 4.69) is 43.9 Å². The van der Waals surface area contributed by atoms with Gasteiger partial charge in [-0.2, -0.15) is 0 Å². The van der Waals surface area contributed by atoms with Gasteiger partial charge in [0.05, 0.1) is 0 Å². The smallest absolute Gasteiger partial charge is 0.0210 e. The molecule has 2 atom stereocenters. The third kappa shape index (κ3) is 10.7. The van der Waals surface area contributed by atoms with Crippen molar-refractivity contribution in [2.24, 2.45) is 11.3 Å². The lowest BCUT2D eigenvalue weighted by Gasteiger charge is -2.35. The van der Waals surface area contributed by atoms with Crippen molar-refractivity contribution in [1.29, 1.82) is 0 Å². The van der Waals surface area contributed by atoms with Crippen LogP contribution in [0.5, 0.6) is 0 Å². The van der Waals surface area contributed by atoms with Crippen LogP contribution in [0.4, 0.5) is 0 Å². The molecule has 0 aromatic heterocycles. The zero-order valence-electron chi connectivity index (χ0n) is 15.7. The maximum absolute atomic E-state index is 3.11. The van der Waals surface area contributed by atoms with Crippen molar-refractivity contribution in [3.63, 3.8) is 0 Å². The van der Waals surface area contributed by atoms with Crippen molar-refractivity contribution in [1.82, 2.24) is 0 Å². The van der Waals surface area contributed by atoms with Gasteiger partial charge in [-0.05, 0) is 23.4 Å². The molecule has 2 unspecified atom stereocenters. The van der Waals surface area contributed by atoms with Crippen LogP contribution in [0, 0.1) is 11.3 Å². The van der Waals surface area contributed by atoms with Crippen molar-refractivity contribution in [3.8, 4) is 0 Å². The van der Waals surface area contributed by atoms with Crippen LogP contribution in [0.25, 0.3) is 0 Å². The molecule has 0 fully saturated rings. The quantitative estimate of drug-likeness (QED) is 0.228. The minimum atomic E-state index is 0.461. The Morgan fingerprint density at radius 2 is 1.10 bits per heavy atom. The molecule has 0 aliphatic heterocycles. The molecule has 0 aliphatic rings. The topological polar surface area (TPSA) is 0 Å². The number of unbranched alkanes of at least 4 members (excludes halogenated alkanes) is 10. The van der Waals surface area contributed by atoms with Gasteiger partial charge in [-0.3, -0.25) is 0 Å². The second-order valence-electron chi connectivity index (χ2n) is 7.91. The van der Waals surface area contributed by atoms with E-state index in [9.17, 15) is 0 Å². The molecule has 21 heavy (non-hydrogen) atoms.